The summed E-state index contributed by atoms with van der Waals surface area (Å²) >= 11 is 0. The maximum Gasteiger partial charge on any atom is 0.351 e. The maximum absolute atomic E-state index is 10.9. The number of nitrogens with two attached hydrogens (primary N) is 1. The molecule has 15 heavy (non-hydrogen) atoms. The molecular formula is C11H23NO3. The van der Waals surface area contributed by atoms with Crippen LogP contribution in [0, 0.1) is 5.92 Å². The van der Waals surface area contributed by atoms with E-state index in [0.29, 0.717) is 18.9 Å². The smallest absolute Gasteiger partial charge is 0.351 e. The number of carboxylic acids is 1. The standard InChI is InChI=1S/C11H23NO3/c1-4-15-11(12,10(13)14)8-6-5-7-9(2)3/h9H,4-8,12H2,1-3H3,(H,13,14). The summed E-state index contributed by atoms with van der Waals surface area (Å²) in [5.41, 5.74) is 4.15. The molecule has 0 bridgehead atoms. The summed E-state index contributed by atoms with van der Waals surface area (Å²) < 4.78 is 5.08. The first-order chi connectivity index (χ1) is 6.92. The van der Waals surface area contributed by atoms with Gasteiger partial charge in [0.25, 0.3) is 0 Å². The van der Waals surface area contributed by atoms with Gasteiger partial charge >= 0.3 is 5.97 Å². The molecule has 0 aromatic rings. The third-order valence-corrected chi connectivity index (χ3v) is 2.34. The average Bonchev–Trinajstić information content (AvgIpc) is 2.12. The molecule has 1 unspecified atom stereocenters. The van der Waals surface area contributed by atoms with Crippen LogP contribution in [0.1, 0.15) is 46.5 Å². The van der Waals surface area contributed by atoms with Crippen molar-refractivity contribution in [2.45, 2.75) is 52.2 Å². The normalized spacial score (nSPS) is 15.3. The molecule has 0 spiro atoms. The lowest BCUT2D eigenvalue weighted by Gasteiger charge is -2.24. The summed E-state index contributed by atoms with van der Waals surface area (Å²) in [5.74, 6) is -0.428. The van der Waals surface area contributed by atoms with Crippen molar-refractivity contribution in [3.8, 4) is 0 Å². The molecule has 0 amide bonds. The van der Waals surface area contributed by atoms with Crippen LogP contribution in [0.5, 0.6) is 0 Å². The van der Waals surface area contributed by atoms with Crippen molar-refractivity contribution in [2.24, 2.45) is 11.7 Å². The predicted octanol–water partition coefficient (Wildman–Crippen LogP) is 1.98. The minimum Gasteiger partial charge on any atom is -0.478 e. The van der Waals surface area contributed by atoms with E-state index in [0.717, 1.165) is 19.3 Å². The summed E-state index contributed by atoms with van der Waals surface area (Å²) in [6.45, 7) is 6.37. The molecule has 0 aliphatic heterocycles. The van der Waals surface area contributed by atoms with Crippen molar-refractivity contribution in [2.75, 3.05) is 6.61 Å². The van der Waals surface area contributed by atoms with E-state index in [9.17, 15) is 4.79 Å². The van der Waals surface area contributed by atoms with Gasteiger partial charge < -0.3 is 9.84 Å². The number of ether oxygens (including phenoxy) is 1. The number of hydrogen-bond donors (Lipinski definition) is 2. The molecule has 3 N–H and O–H groups in total. The van der Waals surface area contributed by atoms with E-state index in [-0.39, 0.29) is 0 Å². The highest BCUT2D eigenvalue weighted by atomic mass is 16.5. The van der Waals surface area contributed by atoms with Gasteiger partial charge in [-0.3, -0.25) is 5.73 Å². The Balaban J connectivity index is 3.92. The Bertz CT molecular complexity index is 194. The van der Waals surface area contributed by atoms with E-state index < -0.39 is 11.7 Å². The van der Waals surface area contributed by atoms with Crippen LogP contribution >= 0.6 is 0 Å². The quantitative estimate of drug-likeness (QED) is 0.481. The predicted molar refractivity (Wildman–Crippen MR) is 59.5 cm³/mol. The molecule has 0 fully saturated rings. The maximum atomic E-state index is 10.9. The number of aliphatic carboxylic acids is 1. The van der Waals surface area contributed by atoms with Gasteiger partial charge in [0.15, 0.2) is 0 Å². The van der Waals surface area contributed by atoms with Crippen LogP contribution in [0.15, 0.2) is 0 Å². The van der Waals surface area contributed by atoms with Crippen LogP contribution in [-0.2, 0) is 9.53 Å². The van der Waals surface area contributed by atoms with E-state index in [1.165, 1.54) is 0 Å². The molecule has 0 saturated carbocycles. The Morgan fingerprint density at radius 1 is 1.47 bits per heavy atom. The molecule has 0 aromatic heterocycles. The Morgan fingerprint density at radius 3 is 2.47 bits per heavy atom. The van der Waals surface area contributed by atoms with Gasteiger partial charge in [0.1, 0.15) is 0 Å². The van der Waals surface area contributed by atoms with Crippen molar-refractivity contribution in [1.82, 2.24) is 0 Å². The second kappa shape index (κ2) is 6.80. The van der Waals surface area contributed by atoms with Gasteiger partial charge in [0.05, 0.1) is 0 Å². The number of carbonyl (C=O) groups is 1. The monoisotopic (exact) mass is 217 g/mol. The van der Waals surface area contributed by atoms with Crippen LogP contribution in [0.25, 0.3) is 0 Å². The van der Waals surface area contributed by atoms with E-state index in [2.05, 4.69) is 13.8 Å². The molecule has 0 radical (unpaired) electrons. The van der Waals surface area contributed by atoms with E-state index in [1.54, 1.807) is 6.92 Å². The molecule has 4 heteroatoms. The molecule has 0 rings (SSSR count). The Labute approximate surface area is 91.8 Å². The van der Waals surface area contributed by atoms with Crippen molar-refractivity contribution >= 4 is 5.97 Å². The topological polar surface area (TPSA) is 72.5 Å². The van der Waals surface area contributed by atoms with Gasteiger partial charge in [-0.25, -0.2) is 4.79 Å². The molecule has 0 saturated heterocycles. The highest BCUT2D eigenvalue weighted by molar-refractivity contribution is 5.76. The number of hydrogen-bond acceptors (Lipinski definition) is 3. The fraction of sp³-hybridized carbons (Fsp3) is 0.909. The summed E-state index contributed by atoms with van der Waals surface area (Å²) in [6.07, 6.45) is 3.27. The molecule has 90 valence electrons. The van der Waals surface area contributed by atoms with Gasteiger partial charge in [0.2, 0.25) is 5.72 Å². The summed E-state index contributed by atoms with van der Waals surface area (Å²) in [6, 6.07) is 0. The van der Waals surface area contributed by atoms with E-state index in [4.69, 9.17) is 15.6 Å². The number of unbranched alkanes of at least 4 members (excludes halogenated alkanes) is 1. The number of carboxylic acid groups (broad SMARTS) is 1. The third-order valence-electron chi connectivity index (χ3n) is 2.34. The number of rotatable bonds is 8. The van der Waals surface area contributed by atoms with Crippen molar-refractivity contribution in [3.05, 3.63) is 0 Å². The van der Waals surface area contributed by atoms with Crippen molar-refractivity contribution in [1.29, 1.82) is 0 Å². The minimum atomic E-state index is -1.49. The van der Waals surface area contributed by atoms with Gasteiger partial charge in [-0.2, -0.15) is 0 Å². The van der Waals surface area contributed by atoms with Crippen molar-refractivity contribution < 1.29 is 14.6 Å². The molecule has 0 aliphatic rings. The van der Waals surface area contributed by atoms with E-state index >= 15 is 0 Å². The molecule has 0 aromatic carbocycles. The fourth-order valence-corrected chi connectivity index (χ4v) is 1.44. The van der Waals surface area contributed by atoms with Crippen LogP contribution in [-0.4, -0.2) is 23.4 Å². The SMILES string of the molecule is CCOC(N)(CCCCC(C)C)C(=O)O. The largest absolute Gasteiger partial charge is 0.478 e. The zero-order chi connectivity index (χ0) is 11.9. The molecular weight excluding hydrogens is 194 g/mol. The Hall–Kier alpha value is -0.610. The average molecular weight is 217 g/mol. The Kier molecular flexibility index (Phi) is 6.52. The zero-order valence-corrected chi connectivity index (χ0v) is 9.95. The van der Waals surface area contributed by atoms with Crippen LogP contribution in [0.2, 0.25) is 0 Å². The molecule has 1 atom stereocenters. The van der Waals surface area contributed by atoms with Crippen molar-refractivity contribution in [3.63, 3.8) is 0 Å². The third kappa shape index (κ3) is 5.74. The minimum absolute atomic E-state index is 0.326. The highest BCUT2D eigenvalue weighted by Gasteiger charge is 2.33. The first-order valence-electron chi connectivity index (χ1n) is 5.58. The van der Waals surface area contributed by atoms with Crippen LogP contribution in [0.4, 0.5) is 0 Å². The van der Waals surface area contributed by atoms with E-state index in [1.807, 2.05) is 0 Å². The lowest BCUT2D eigenvalue weighted by Crippen LogP contribution is -2.50. The zero-order valence-electron chi connectivity index (χ0n) is 9.95. The lowest BCUT2D eigenvalue weighted by atomic mass is 10.0. The van der Waals surface area contributed by atoms with Gasteiger partial charge in [-0.1, -0.05) is 26.7 Å². The molecule has 0 aliphatic carbocycles. The summed E-state index contributed by atoms with van der Waals surface area (Å²) in [5, 5.41) is 8.92. The second-order valence-corrected chi connectivity index (χ2v) is 4.27. The fourth-order valence-electron chi connectivity index (χ4n) is 1.44. The molecule has 4 nitrogen and oxygen atoms in total. The molecule has 0 heterocycles. The summed E-state index contributed by atoms with van der Waals surface area (Å²) in [4.78, 5) is 10.9. The van der Waals surface area contributed by atoms with Gasteiger partial charge in [-0.15, -0.1) is 0 Å². The van der Waals surface area contributed by atoms with Crippen LogP contribution in [0.3, 0.4) is 0 Å². The summed E-state index contributed by atoms with van der Waals surface area (Å²) in [7, 11) is 0. The second-order valence-electron chi connectivity index (χ2n) is 4.27. The lowest BCUT2D eigenvalue weighted by molar-refractivity contribution is -0.166. The first-order valence-corrected chi connectivity index (χ1v) is 5.58. The first kappa shape index (κ1) is 14.4. The van der Waals surface area contributed by atoms with Crippen LogP contribution < -0.4 is 5.73 Å². The Morgan fingerprint density at radius 2 is 2.07 bits per heavy atom. The van der Waals surface area contributed by atoms with Gasteiger partial charge in [0, 0.05) is 13.0 Å². The highest BCUT2D eigenvalue weighted by Crippen LogP contribution is 2.16. The van der Waals surface area contributed by atoms with Gasteiger partial charge in [-0.05, 0) is 19.3 Å².